The van der Waals surface area contributed by atoms with Crippen molar-refractivity contribution in [2.24, 2.45) is 0 Å². The van der Waals surface area contributed by atoms with Gasteiger partial charge in [0.05, 0.1) is 6.61 Å². The van der Waals surface area contributed by atoms with Gasteiger partial charge in [0.2, 0.25) is 0 Å². The fourth-order valence-electron chi connectivity index (χ4n) is 1.95. The summed E-state index contributed by atoms with van der Waals surface area (Å²) in [5.74, 6) is -0.707. The van der Waals surface area contributed by atoms with Crippen LogP contribution in [0.3, 0.4) is 0 Å². The van der Waals surface area contributed by atoms with Gasteiger partial charge in [-0.05, 0) is 19.9 Å². The van der Waals surface area contributed by atoms with Crippen molar-refractivity contribution in [3.63, 3.8) is 0 Å². The quantitative estimate of drug-likeness (QED) is 0.846. The molecule has 0 aliphatic carbocycles. The fraction of sp³-hybridized carbons (Fsp3) is 0.462. The number of rotatable bonds is 2. The van der Waals surface area contributed by atoms with Crippen molar-refractivity contribution in [2.75, 3.05) is 6.61 Å². The molecule has 19 heavy (non-hydrogen) atoms. The zero-order valence-corrected chi connectivity index (χ0v) is 11.4. The molecule has 0 spiro atoms. The van der Waals surface area contributed by atoms with Crippen LogP contribution in [0.1, 0.15) is 19.4 Å². The number of halogens is 3. The Morgan fingerprint density at radius 1 is 1.32 bits per heavy atom. The summed E-state index contributed by atoms with van der Waals surface area (Å²) in [5, 5.41) is 2.59. The summed E-state index contributed by atoms with van der Waals surface area (Å²) >= 11 is 5.06. The van der Waals surface area contributed by atoms with E-state index >= 15 is 0 Å². The molecule has 1 atom stereocenters. The van der Waals surface area contributed by atoms with Crippen LogP contribution in [0.5, 0.6) is 0 Å². The van der Waals surface area contributed by atoms with Crippen LogP contribution in [0.4, 0.5) is 13.2 Å². The Balaban J connectivity index is 2.47. The molecular formula is C13H14F3NOS. The van der Waals surface area contributed by atoms with Gasteiger partial charge in [-0.15, -0.1) is 0 Å². The molecule has 0 radical (unpaired) electrons. The minimum absolute atomic E-state index is 0.136. The van der Waals surface area contributed by atoms with Gasteiger partial charge in [-0.1, -0.05) is 30.4 Å². The average Bonchev–Trinajstić information content (AvgIpc) is 2.33. The minimum atomic E-state index is -2.85. The largest absolute Gasteiger partial charge is 0.365 e. The summed E-state index contributed by atoms with van der Waals surface area (Å²) in [4.78, 5) is 0.141. The van der Waals surface area contributed by atoms with E-state index in [1.54, 1.807) is 13.8 Å². The normalized spacial score (nSPS) is 26.3. The lowest BCUT2D eigenvalue weighted by Gasteiger charge is -2.45. The highest BCUT2D eigenvalue weighted by atomic mass is 32.1. The van der Waals surface area contributed by atoms with Crippen molar-refractivity contribution < 1.29 is 17.9 Å². The fourth-order valence-corrected chi connectivity index (χ4v) is 2.19. The second-order valence-electron chi connectivity index (χ2n) is 5.01. The Bertz CT molecular complexity index is 506. The average molecular weight is 289 g/mol. The van der Waals surface area contributed by atoms with Crippen LogP contribution in [-0.2, 0) is 10.3 Å². The number of hydrogen-bond donors (Lipinski definition) is 1. The summed E-state index contributed by atoms with van der Waals surface area (Å²) in [6.45, 7) is 3.01. The maximum atomic E-state index is 13.8. The lowest BCUT2D eigenvalue weighted by Crippen LogP contribution is -2.64. The second-order valence-corrected chi connectivity index (χ2v) is 5.41. The standard InChI is InChI=1S/C13H14F3NOS/c1-12(2)11(19)17-13(7-18-12,10(15)16)8-5-3-4-6-9(8)14/h3-6,10H,7H2,1-2H3,(H,17,19)/t13-/m0/s1. The Hall–Kier alpha value is -1.14. The minimum Gasteiger partial charge on any atom is -0.365 e. The first-order valence-corrected chi connectivity index (χ1v) is 6.20. The van der Waals surface area contributed by atoms with Crippen LogP contribution >= 0.6 is 12.2 Å². The molecule has 1 N–H and O–H groups in total. The molecule has 104 valence electrons. The van der Waals surface area contributed by atoms with Crippen LogP contribution in [0.15, 0.2) is 24.3 Å². The maximum absolute atomic E-state index is 13.8. The molecule has 2 nitrogen and oxygen atoms in total. The van der Waals surface area contributed by atoms with E-state index in [0.717, 1.165) is 6.07 Å². The molecule has 1 fully saturated rings. The monoisotopic (exact) mass is 289 g/mol. The van der Waals surface area contributed by atoms with Crippen molar-refractivity contribution >= 4 is 17.2 Å². The van der Waals surface area contributed by atoms with Gasteiger partial charge in [-0.2, -0.15) is 0 Å². The second kappa shape index (κ2) is 4.76. The van der Waals surface area contributed by atoms with Crippen molar-refractivity contribution in [2.45, 2.75) is 31.4 Å². The Morgan fingerprint density at radius 2 is 1.95 bits per heavy atom. The molecule has 2 rings (SSSR count). The number of thiocarbonyl (C=S) groups is 1. The molecule has 1 aliphatic rings. The first-order valence-electron chi connectivity index (χ1n) is 5.79. The maximum Gasteiger partial charge on any atom is 0.267 e. The van der Waals surface area contributed by atoms with Crippen molar-refractivity contribution in [3.8, 4) is 0 Å². The molecule has 6 heteroatoms. The summed E-state index contributed by atoms with van der Waals surface area (Å²) in [5.41, 5.74) is -2.90. The Morgan fingerprint density at radius 3 is 2.47 bits per heavy atom. The van der Waals surface area contributed by atoms with Crippen molar-refractivity contribution in [3.05, 3.63) is 35.6 Å². The molecule has 0 bridgehead atoms. The van der Waals surface area contributed by atoms with Gasteiger partial charge in [0.15, 0.2) is 5.54 Å². The first kappa shape index (κ1) is 14.3. The van der Waals surface area contributed by atoms with Gasteiger partial charge in [-0.25, -0.2) is 13.2 Å². The van der Waals surface area contributed by atoms with E-state index in [2.05, 4.69) is 5.32 Å². The molecular weight excluding hydrogens is 275 g/mol. The summed E-state index contributed by atoms with van der Waals surface area (Å²) < 4.78 is 46.2. The molecule has 0 unspecified atom stereocenters. The third-order valence-electron chi connectivity index (χ3n) is 3.27. The predicted molar refractivity (Wildman–Crippen MR) is 69.8 cm³/mol. The number of ether oxygens (including phenoxy) is 1. The van der Waals surface area contributed by atoms with Crippen LogP contribution < -0.4 is 5.32 Å². The Labute approximate surface area is 114 Å². The van der Waals surface area contributed by atoms with E-state index in [4.69, 9.17) is 17.0 Å². The number of morpholine rings is 1. The van der Waals surface area contributed by atoms with E-state index in [1.165, 1.54) is 18.2 Å². The number of hydrogen-bond acceptors (Lipinski definition) is 2. The van der Waals surface area contributed by atoms with Crippen molar-refractivity contribution in [1.29, 1.82) is 0 Å². The van der Waals surface area contributed by atoms with E-state index in [1.807, 2.05) is 0 Å². The summed E-state index contributed by atoms with van der Waals surface area (Å²) in [6.07, 6.45) is -2.85. The first-order chi connectivity index (χ1) is 8.79. The van der Waals surface area contributed by atoms with Gasteiger partial charge in [0.1, 0.15) is 16.4 Å². The summed E-state index contributed by atoms with van der Waals surface area (Å²) in [7, 11) is 0. The van der Waals surface area contributed by atoms with E-state index in [9.17, 15) is 13.2 Å². The lowest BCUT2D eigenvalue weighted by atomic mass is 9.87. The van der Waals surface area contributed by atoms with Gasteiger partial charge in [-0.3, -0.25) is 0 Å². The topological polar surface area (TPSA) is 21.3 Å². The molecule has 1 aromatic carbocycles. The van der Waals surface area contributed by atoms with E-state index in [-0.39, 0.29) is 17.2 Å². The summed E-state index contributed by atoms with van der Waals surface area (Å²) in [6, 6.07) is 5.42. The third kappa shape index (κ3) is 2.34. The molecule has 1 heterocycles. The molecule has 1 saturated heterocycles. The van der Waals surface area contributed by atoms with Gasteiger partial charge in [0, 0.05) is 5.56 Å². The zero-order chi connectivity index (χ0) is 14.3. The lowest BCUT2D eigenvalue weighted by molar-refractivity contribution is -0.0826. The van der Waals surface area contributed by atoms with Crippen LogP contribution in [0.2, 0.25) is 0 Å². The van der Waals surface area contributed by atoms with Gasteiger partial charge < -0.3 is 10.1 Å². The Kier molecular flexibility index (Phi) is 3.57. The smallest absolute Gasteiger partial charge is 0.267 e. The third-order valence-corrected chi connectivity index (χ3v) is 3.86. The van der Waals surface area contributed by atoms with Crippen LogP contribution in [0, 0.1) is 5.82 Å². The van der Waals surface area contributed by atoms with Crippen LogP contribution in [0.25, 0.3) is 0 Å². The zero-order valence-electron chi connectivity index (χ0n) is 10.5. The number of benzene rings is 1. The number of alkyl halides is 2. The van der Waals surface area contributed by atoms with Gasteiger partial charge in [0.25, 0.3) is 6.43 Å². The van der Waals surface area contributed by atoms with E-state index in [0.29, 0.717) is 0 Å². The predicted octanol–water partition coefficient (Wildman–Crippen LogP) is 3.01. The van der Waals surface area contributed by atoms with Crippen LogP contribution in [-0.4, -0.2) is 23.6 Å². The SMILES string of the molecule is CC1(C)OC[C@](c2ccccc2F)(C(F)F)NC1=S. The highest BCUT2D eigenvalue weighted by Gasteiger charge is 2.50. The highest BCUT2D eigenvalue weighted by Crippen LogP contribution is 2.36. The van der Waals surface area contributed by atoms with Gasteiger partial charge >= 0.3 is 0 Å². The van der Waals surface area contributed by atoms with Crippen molar-refractivity contribution in [1.82, 2.24) is 5.32 Å². The highest BCUT2D eigenvalue weighted by molar-refractivity contribution is 7.80. The molecule has 0 aromatic heterocycles. The molecule has 0 amide bonds. The van der Waals surface area contributed by atoms with E-state index < -0.39 is 23.4 Å². The molecule has 0 saturated carbocycles. The molecule has 1 aliphatic heterocycles. The molecule has 1 aromatic rings. The number of nitrogens with one attached hydrogen (secondary N) is 1.